The number of amides is 1. The molecule has 1 unspecified atom stereocenters. The second kappa shape index (κ2) is 10.0. The lowest BCUT2D eigenvalue weighted by atomic mass is 10.1. The first-order valence-corrected chi connectivity index (χ1v) is 11.2. The van der Waals surface area contributed by atoms with Gasteiger partial charge < -0.3 is 15.1 Å². The van der Waals surface area contributed by atoms with Gasteiger partial charge in [-0.2, -0.15) is 0 Å². The van der Waals surface area contributed by atoms with Gasteiger partial charge in [-0.15, -0.1) is 10.2 Å². The van der Waals surface area contributed by atoms with E-state index >= 15 is 0 Å². The molecule has 0 bridgehead atoms. The molecule has 0 aromatic carbocycles. The lowest BCUT2D eigenvalue weighted by Gasteiger charge is -2.38. The van der Waals surface area contributed by atoms with Crippen LogP contribution in [0.4, 0.5) is 5.95 Å². The Labute approximate surface area is 188 Å². The van der Waals surface area contributed by atoms with Crippen LogP contribution in [0, 0.1) is 0 Å². The minimum absolute atomic E-state index is 0.00327. The Morgan fingerprint density at radius 2 is 1.94 bits per heavy atom. The number of anilines is 1. The summed E-state index contributed by atoms with van der Waals surface area (Å²) in [5, 5.41) is 11.8. The van der Waals surface area contributed by atoms with Crippen molar-refractivity contribution in [2.75, 3.05) is 57.8 Å². The summed E-state index contributed by atoms with van der Waals surface area (Å²) < 4.78 is 1.93. The molecule has 1 aliphatic heterocycles. The van der Waals surface area contributed by atoms with Gasteiger partial charge in [0.15, 0.2) is 11.5 Å². The maximum absolute atomic E-state index is 12.7. The Morgan fingerprint density at radius 3 is 2.69 bits per heavy atom. The molecule has 32 heavy (non-hydrogen) atoms. The zero-order chi connectivity index (χ0) is 22.5. The fourth-order valence-electron chi connectivity index (χ4n) is 4.03. The van der Waals surface area contributed by atoms with Crippen molar-refractivity contribution in [3.05, 3.63) is 48.2 Å². The standard InChI is InChI=1S/C22H31N9O/c1-4-29(5-2)12-11-23-21(32)17-7-8-19-26-27-20(31(19)15-17)18-16-30(14-13-28(18)3)22-24-9-6-10-25-22/h6-10,15,18H,4-5,11-14,16H2,1-3H3,(H,23,32). The van der Waals surface area contributed by atoms with Gasteiger partial charge in [-0.3, -0.25) is 14.1 Å². The molecule has 10 nitrogen and oxygen atoms in total. The molecule has 4 rings (SSSR count). The summed E-state index contributed by atoms with van der Waals surface area (Å²) in [6.07, 6.45) is 5.35. The van der Waals surface area contributed by atoms with Crippen LogP contribution < -0.4 is 10.2 Å². The van der Waals surface area contributed by atoms with Crippen LogP contribution in [0.2, 0.25) is 0 Å². The van der Waals surface area contributed by atoms with Gasteiger partial charge in [-0.25, -0.2) is 9.97 Å². The van der Waals surface area contributed by atoms with E-state index in [1.54, 1.807) is 18.5 Å². The predicted octanol–water partition coefficient (Wildman–Crippen LogP) is 1.08. The van der Waals surface area contributed by atoms with Crippen molar-refractivity contribution in [3.8, 4) is 0 Å². The summed E-state index contributed by atoms with van der Waals surface area (Å²) in [4.78, 5) is 28.2. The van der Waals surface area contributed by atoms with Crippen LogP contribution in [0.15, 0.2) is 36.8 Å². The van der Waals surface area contributed by atoms with Crippen LogP contribution in [0.5, 0.6) is 0 Å². The van der Waals surface area contributed by atoms with Crippen LogP contribution >= 0.6 is 0 Å². The van der Waals surface area contributed by atoms with E-state index in [4.69, 9.17) is 0 Å². The third kappa shape index (κ3) is 4.71. The SMILES string of the molecule is CCN(CC)CCNC(=O)c1ccc2nnc(C3CN(c4ncccn4)CCN3C)n2c1. The Bertz CT molecular complexity index is 1030. The number of rotatable bonds is 8. The molecule has 10 heteroatoms. The molecule has 170 valence electrons. The molecule has 0 aliphatic carbocycles. The fourth-order valence-corrected chi connectivity index (χ4v) is 4.03. The Kier molecular flexibility index (Phi) is 6.91. The van der Waals surface area contributed by atoms with Crippen molar-refractivity contribution in [1.29, 1.82) is 0 Å². The number of hydrogen-bond acceptors (Lipinski definition) is 8. The second-order valence-corrected chi connectivity index (χ2v) is 7.98. The van der Waals surface area contributed by atoms with Gasteiger partial charge in [-0.05, 0) is 38.3 Å². The number of aromatic nitrogens is 5. The smallest absolute Gasteiger partial charge is 0.252 e. The monoisotopic (exact) mass is 437 g/mol. The van der Waals surface area contributed by atoms with Crippen LogP contribution in [-0.2, 0) is 0 Å². The molecule has 0 radical (unpaired) electrons. The highest BCUT2D eigenvalue weighted by Gasteiger charge is 2.30. The third-order valence-corrected chi connectivity index (χ3v) is 6.08. The molecule has 3 aromatic rings. The lowest BCUT2D eigenvalue weighted by molar-refractivity contribution is 0.0948. The van der Waals surface area contributed by atoms with Gasteiger partial charge in [-0.1, -0.05) is 13.8 Å². The van der Waals surface area contributed by atoms with Crippen molar-refractivity contribution >= 4 is 17.5 Å². The zero-order valence-corrected chi connectivity index (χ0v) is 19.0. The van der Waals surface area contributed by atoms with E-state index in [1.165, 1.54) is 0 Å². The number of hydrogen-bond donors (Lipinski definition) is 1. The molecule has 3 aromatic heterocycles. The number of fused-ring (bicyclic) bond motifs is 1. The van der Waals surface area contributed by atoms with Gasteiger partial charge >= 0.3 is 0 Å². The van der Waals surface area contributed by atoms with E-state index in [2.05, 4.69) is 61.1 Å². The lowest BCUT2D eigenvalue weighted by Crippen LogP contribution is -2.48. The van der Waals surface area contributed by atoms with Crippen molar-refractivity contribution in [2.45, 2.75) is 19.9 Å². The minimum Gasteiger partial charge on any atom is -0.351 e. The molecule has 1 N–H and O–H groups in total. The molecule has 0 spiro atoms. The highest BCUT2D eigenvalue weighted by Crippen LogP contribution is 2.25. The van der Waals surface area contributed by atoms with E-state index < -0.39 is 0 Å². The fraction of sp³-hybridized carbons (Fsp3) is 0.500. The average molecular weight is 438 g/mol. The summed E-state index contributed by atoms with van der Waals surface area (Å²) in [6, 6.07) is 5.47. The second-order valence-electron chi connectivity index (χ2n) is 7.98. The minimum atomic E-state index is -0.0879. The molecular weight excluding hydrogens is 406 g/mol. The topological polar surface area (TPSA) is 94.8 Å². The van der Waals surface area contributed by atoms with Crippen molar-refractivity contribution in [2.24, 2.45) is 0 Å². The van der Waals surface area contributed by atoms with Crippen molar-refractivity contribution < 1.29 is 4.79 Å². The Hall–Kier alpha value is -3.11. The van der Waals surface area contributed by atoms with Gasteiger partial charge in [0.1, 0.15) is 0 Å². The summed E-state index contributed by atoms with van der Waals surface area (Å²) in [6.45, 7) is 10.0. The number of nitrogens with one attached hydrogen (secondary N) is 1. The van der Waals surface area contributed by atoms with Crippen LogP contribution in [0.3, 0.4) is 0 Å². The van der Waals surface area contributed by atoms with E-state index in [0.29, 0.717) is 24.6 Å². The third-order valence-electron chi connectivity index (χ3n) is 6.08. The first-order valence-electron chi connectivity index (χ1n) is 11.2. The first-order chi connectivity index (χ1) is 15.6. The first kappa shape index (κ1) is 22.1. The number of likely N-dealkylation sites (N-methyl/N-ethyl adjacent to an activating group) is 2. The van der Waals surface area contributed by atoms with E-state index in [-0.39, 0.29) is 11.9 Å². The summed E-state index contributed by atoms with van der Waals surface area (Å²) in [7, 11) is 2.08. The van der Waals surface area contributed by atoms with Crippen LogP contribution in [0.25, 0.3) is 5.65 Å². The van der Waals surface area contributed by atoms with E-state index in [1.807, 2.05) is 22.7 Å². The molecule has 1 saturated heterocycles. The highest BCUT2D eigenvalue weighted by atomic mass is 16.1. The Morgan fingerprint density at radius 1 is 1.16 bits per heavy atom. The highest BCUT2D eigenvalue weighted by molar-refractivity contribution is 5.94. The summed E-state index contributed by atoms with van der Waals surface area (Å²) >= 11 is 0. The number of nitrogens with zero attached hydrogens (tertiary/aromatic N) is 8. The van der Waals surface area contributed by atoms with Crippen molar-refractivity contribution in [1.82, 2.24) is 39.7 Å². The summed E-state index contributed by atoms with van der Waals surface area (Å²) in [5.41, 5.74) is 1.32. The molecule has 1 atom stereocenters. The number of carbonyl (C=O) groups excluding carboxylic acids is 1. The largest absolute Gasteiger partial charge is 0.351 e. The van der Waals surface area contributed by atoms with Crippen molar-refractivity contribution in [3.63, 3.8) is 0 Å². The van der Waals surface area contributed by atoms with Gasteiger partial charge in [0.25, 0.3) is 5.91 Å². The molecule has 0 saturated carbocycles. The van der Waals surface area contributed by atoms with Gasteiger partial charge in [0.05, 0.1) is 11.6 Å². The van der Waals surface area contributed by atoms with Crippen LogP contribution in [-0.4, -0.2) is 93.1 Å². The zero-order valence-electron chi connectivity index (χ0n) is 19.0. The molecule has 1 aliphatic rings. The molecule has 1 amide bonds. The molecular formula is C22H31N9O. The van der Waals surface area contributed by atoms with E-state index in [0.717, 1.165) is 44.2 Å². The molecule has 4 heterocycles. The van der Waals surface area contributed by atoms with Gasteiger partial charge in [0, 0.05) is 51.3 Å². The predicted molar refractivity (Wildman–Crippen MR) is 123 cm³/mol. The summed E-state index contributed by atoms with van der Waals surface area (Å²) in [5.74, 6) is 1.43. The number of carbonyl (C=O) groups is 1. The molecule has 1 fully saturated rings. The normalized spacial score (nSPS) is 17.2. The number of pyridine rings is 1. The quantitative estimate of drug-likeness (QED) is 0.560. The maximum Gasteiger partial charge on any atom is 0.252 e. The van der Waals surface area contributed by atoms with E-state index in [9.17, 15) is 4.79 Å². The maximum atomic E-state index is 12.7. The Balaban J connectivity index is 1.52. The number of piperazine rings is 1. The van der Waals surface area contributed by atoms with Gasteiger partial charge in [0.2, 0.25) is 5.95 Å². The van der Waals surface area contributed by atoms with Crippen LogP contribution in [0.1, 0.15) is 36.1 Å². The average Bonchev–Trinajstić information content (AvgIpc) is 3.25.